The summed E-state index contributed by atoms with van der Waals surface area (Å²) in [5.74, 6) is 0.165. The van der Waals surface area contributed by atoms with Gasteiger partial charge in [-0.05, 0) is 30.5 Å². The third-order valence-electron chi connectivity index (χ3n) is 5.41. The summed E-state index contributed by atoms with van der Waals surface area (Å²) < 4.78 is 28.6. The minimum atomic E-state index is -3.20. The molecule has 1 aliphatic carbocycles. The van der Waals surface area contributed by atoms with Gasteiger partial charge in [0.25, 0.3) is 0 Å². The van der Waals surface area contributed by atoms with Crippen LogP contribution in [-0.2, 0) is 25.9 Å². The third kappa shape index (κ3) is 5.28. The summed E-state index contributed by atoms with van der Waals surface area (Å²) in [6.07, 6.45) is 4.17. The quantitative estimate of drug-likeness (QED) is 0.624. The Morgan fingerprint density at radius 2 is 1.89 bits per heavy atom. The van der Waals surface area contributed by atoms with Crippen LogP contribution in [0.2, 0.25) is 0 Å². The van der Waals surface area contributed by atoms with E-state index < -0.39 is 22.0 Å². The fourth-order valence-electron chi connectivity index (χ4n) is 3.68. The zero-order valence-corrected chi connectivity index (χ0v) is 16.4. The number of ether oxygens (including phenoxy) is 1. The monoisotopic (exact) mass is 396 g/mol. The van der Waals surface area contributed by atoms with Gasteiger partial charge in [-0.1, -0.05) is 25.0 Å². The first-order valence-corrected chi connectivity index (χ1v) is 11.3. The van der Waals surface area contributed by atoms with Crippen LogP contribution in [0.15, 0.2) is 29.2 Å². The second kappa shape index (κ2) is 8.68. The molecule has 3 atom stereocenters. The molecule has 150 valence electrons. The highest BCUT2D eigenvalue weighted by Gasteiger charge is 2.36. The number of aliphatic hydroxyl groups excluding tert-OH is 1. The maximum atomic E-state index is 12.1. The number of carbonyl (C=O) groups is 1. The standard InChI is InChI=1S/C19H28N2O5S/c1-27(24,25)15-8-6-13(7-9-15)10-20-16-12-26-17(18(16)22)11-21-19(23)14-4-2-3-5-14/h6-9,14,16-18,20,22H,2-5,10-12H2,1H3,(H,21,23). The van der Waals surface area contributed by atoms with Crippen molar-refractivity contribution in [3.63, 3.8) is 0 Å². The van der Waals surface area contributed by atoms with E-state index in [1.165, 1.54) is 6.26 Å². The van der Waals surface area contributed by atoms with Crippen molar-refractivity contribution >= 4 is 15.7 Å². The van der Waals surface area contributed by atoms with Crippen LogP contribution in [0.4, 0.5) is 0 Å². The zero-order chi connectivity index (χ0) is 19.4. The topological polar surface area (TPSA) is 105 Å². The molecule has 0 aromatic heterocycles. The predicted molar refractivity (Wildman–Crippen MR) is 101 cm³/mol. The molecule has 3 rings (SSSR count). The van der Waals surface area contributed by atoms with Gasteiger partial charge in [-0.25, -0.2) is 8.42 Å². The summed E-state index contributed by atoms with van der Waals surface area (Å²) in [5.41, 5.74) is 0.924. The molecule has 27 heavy (non-hydrogen) atoms. The Morgan fingerprint density at radius 1 is 1.22 bits per heavy atom. The molecule has 1 saturated heterocycles. The molecule has 0 bridgehead atoms. The van der Waals surface area contributed by atoms with Gasteiger partial charge in [0, 0.05) is 25.3 Å². The number of carbonyl (C=O) groups excluding carboxylic acids is 1. The van der Waals surface area contributed by atoms with Crippen LogP contribution in [0.5, 0.6) is 0 Å². The Bertz CT molecular complexity index is 744. The number of amides is 1. The zero-order valence-electron chi connectivity index (χ0n) is 15.6. The lowest BCUT2D eigenvalue weighted by atomic mass is 10.1. The summed E-state index contributed by atoms with van der Waals surface area (Å²) in [6, 6.07) is 6.44. The lowest BCUT2D eigenvalue weighted by Gasteiger charge is -2.20. The van der Waals surface area contributed by atoms with Gasteiger partial charge in [-0.2, -0.15) is 0 Å². The molecular formula is C19H28N2O5S. The van der Waals surface area contributed by atoms with Gasteiger partial charge in [-0.15, -0.1) is 0 Å². The number of hydrogen-bond donors (Lipinski definition) is 3. The smallest absolute Gasteiger partial charge is 0.223 e. The number of benzene rings is 1. The van der Waals surface area contributed by atoms with Crippen LogP contribution in [0, 0.1) is 5.92 Å². The van der Waals surface area contributed by atoms with Crippen molar-refractivity contribution in [1.82, 2.24) is 10.6 Å². The SMILES string of the molecule is CS(=O)(=O)c1ccc(CNC2COC(CNC(=O)C3CCCC3)C2O)cc1. The number of rotatable bonds is 7. The molecule has 0 radical (unpaired) electrons. The molecular weight excluding hydrogens is 368 g/mol. The number of hydrogen-bond acceptors (Lipinski definition) is 6. The number of nitrogens with one attached hydrogen (secondary N) is 2. The summed E-state index contributed by atoms with van der Waals surface area (Å²) in [4.78, 5) is 12.4. The van der Waals surface area contributed by atoms with E-state index in [1.807, 2.05) is 0 Å². The summed E-state index contributed by atoms with van der Waals surface area (Å²) in [6.45, 7) is 1.18. The van der Waals surface area contributed by atoms with Crippen molar-refractivity contribution in [2.45, 2.75) is 55.4 Å². The normalized spacial score (nSPS) is 26.4. The van der Waals surface area contributed by atoms with Gasteiger partial charge in [0.05, 0.1) is 23.6 Å². The summed E-state index contributed by atoms with van der Waals surface area (Å²) in [7, 11) is -3.20. The minimum absolute atomic E-state index is 0.0608. The van der Waals surface area contributed by atoms with Crippen LogP contribution in [0.3, 0.4) is 0 Å². The predicted octanol–water partition coefficient (Wildman–Crippen LogP) is 0.614. The lowest BCUT2D eigenvalue weighted by molar-refractivity contribution is -0.125. The molecule has 1 aromatic rings. The first-order valence-electron chi connectivity index (χ1n) is 9.44. The van der Waals surface area contributed by atoms with E-state index >= 15 is 0 Å². The first-order chi connectivity index (χ1) is 12.8. The van der Waals surface area contributed by atoms with Crippen LogP contribution < -0.4 is 10.6 Å². The maximum absolute atomic E-state index is 12.1. The summed E-state index contributed by atoms with van der Waals surface area (Å²) in [5, 5.41) is 16.6. The molecule has 1 heterocycles. The van der Waals surface area contributed by atoms with E-state index in [0.717, 1.165) is 31.2 Å². The van der Waals surface area contributed by atoms with E-state index in [1.54, 1.807) is 24.3 Å². The average molecular weight is 397 g/mol. The molecule has 0 spiro atoms. The van der Waals surface area contributed by atoms with E-state index in [0.29, 0.717) is 19.7 Å². The van der Waals surface area contributed by atoms with Gasteiger partial charge >= 0.3 is 0 Å². The highest BCUT2D eigenvalue weighted by Crippen LogP contribution is 2.24. The van der Waals surface area contributed by atoms with Crippen molar-refractivity contribution in [2.75, 3.05) is 19.4 Å². The van der Waals surface area contributed by atoms with Crippen molar-refractivity contribution in [3.8, 4) is 0 Å². The Hall–Kier alpha value is -1.48. The molecule has 3 N–H and O–H groups in total. The van der Waals surface area contributed by atoms with E-state index in [2.05, 4.69) is 10.6 Å². The first kappa shape index (κ1) is 20.3. The minimum Gasteiger partial charge on any atom is -0.389 e. The van der Waals surface area contributed by atoms with Crippen molar-refractivity contribution in [1.29, 1.82) is 0 Å². The Morgan fingerprint density at radius 3 is 2.52 bits per heavy atom. The van der Waals surface area contributed by atoms with Crippen molar-refractivity contribution < 1.29 is 23.1 Å². The highest BCUT2D eigenvalue weighted by atomic mass is 32.2. The molecule has 1 saturated carbocycles. The fraction of sp³-hybridized carbons (Fsp3) is 0.632. The second-order valence-electron chi connectivity index (χ2n) is 7.49. The van der Waals surface area contributed by atoms with Crippen molar-refractivity contribution in [3.05, 3.63) is 29.8 Å². The Labute approximate surface area is 160 Å². The molecule has 2 fully saturated rings. The van der Waals surface area contributed by atoms with Gasteiger partial charge < -0.3 is 20.5 Å². The van der Waals surface area contributed by atoms with Crippen LogP contribution in [-0.4, -0.2) is 57.1 Å². The van der Waals surface area contributed by atoms with Crippen LogP contribution in [0.25, 0.3) is 0 Å². The van der Waals surface area contributed by atoms with Gasteiger partial charge in [0.15, 0.2) is 9.84 Å². The average Bonchev–Trinajstić information content (AvgIpc) is 3.28. The van der Waals surface area contributed by atoms with E-state index in [4.69, 9.17) is 4.74 Å². The Kier molecular flexibility index (Phi) is 6.52. The third-order valence-corrected chi connectivity index (χ3v) is 6.53. The highest BCUT2D eigenvalue weighted by molar-refractivity contribution is 7.90. The van der Waals surface area contributed by atoms with Crippen molar-refractivity contribution in [2.24, 2.45) is 5.92 Å². The van der Waals surface area contributed by atoms with Gasteiger partial charge in [0.2, 0.25) is 5.91 Å². The molecule has 3 unspecified atom stereocenters. The maximum Gasteiger partial charge on any atom is 0.223 e. The fourth-order valence-corrected chi connectivity index (χ4v) is 4.31. The molecule has 8 heteroatoms. The Balaban J connectivity index is 1.44. The lowest BCUT2D eigenvalue weighted by Crippen LogP contribution is -2.45. The molecule has 7 nitrogen and oxygen atoms in total. The summed E-state index contributed by atoms with van der Waals surface area (Å²) >= 11 is 0. The van der Waals surface area contributed by atoms with Gasteiger partial charge in [0.1, 0.15) is 6.10 Å². The van der Waals surface area contributed by atoms with Crippen LogP contribution in [0.1, 0.15) is 31.2 Å². The van der Waals surface area contributed by atoms with Crippen LogP contribution >= 0.6 is 0 Å². The van der Waals surface area contributed by atoms with Gasteiger partial charge in [-0.3, -0.25) is 4.79 Å². The molecule has 2 aliphatic rings. The molecule has 1 aromatic carbocycles. The van der Waals surface area contributed by atoms with E-state index in [9.17, 15) is 18.3 Å². The molecule has 1 aliphatic heterocycles. The molecule has 1 amide bonds. The number of sulfone groups is 1. The number of aliphatic hydroxyl groups is 1. The second-order valence-corrected chi connectivity index (χ2v) is 9.51. The largest absolute Gasteiger partial charge is 0.389 e. The van der Waals surface area contributed by atoms with E-state index in [-0.39, 0.29) is 22.8 Å².